The molecule has 0 fully saturated rings. The second-order valence-electron chi connectivity index (χ2n) is 3.68. The molecular formula is C11H9BrF3N3O. The normalized spacial score (nSPS) is 11.4. The summed E-state index contributed by atoms with van der Waals surface area (Å²) in [5, 5.41) is 2.97. The fourth-order valence-electron chi connectivity index (χ4n) is 1.40. The van der Waals surface area contributed by atoms with E-state index in [9.17, 15) is 13.2 Å². The molecule has 19 heavy (non-hydrogen) atoms. The number of alkyl halides is 3. The number of anilines is 2. The Morgan fingerprint density at radius 2 is 2.11 bits per heavy atom. The third kappa shape index (κ3) is 3.63. The Balaban J connectivity index is 2.17. The van der Waals surface area contributed by atoms with Crippen LogP contribution in [-0.4, -0.2) is 15.9 Å². The molecule has 0 spiro atoms. The molecule has 0 aliphatic heterocycles. The zero-order chi connectivity index (χ0) is 14.0. The van der Waals surface area contributed by atoms with Crippen LogP contribution in [0.2, 0.25) is 0 Å². The summed E-state index contributed by atoms with van der Waals surface area (Å²) in [6.45, 7) is 0. The van der Waals surface area contributed by atoms with Crippen molar-refractivity contribution in [3.8, 4) is 5.75 Å². The minimum absolute atomic E-state index is 0.198. The lowest BCUT2D eigenvalue weighted by Crippen LogP contribution is -2.17. The van der Waals surface area contributed by atoms with Gasteiger partial charge in [-0.3, -0.25) is 0 Å². The van der Waals surface area contributed by atoms with Crippen LogP contribution in [0.25, 0.3) is 0 Å². The standard InChI is InChI=1S/C11H9BrF3N3O/c1-18-5-4-16-10(18)17-7-2-3-9(8(12)6-7)19-11(13,14)15/h2-6H,1H3,(H,16,17). The molecule has 102 valence electrons. The van der Waals surface area contributed by atoms with Crippen molar-refractivity contribution in [2.75, 3.05) is 5.32 Å². The van der Waals surface area contributed by atoms with Gasteiger partial charge in [-0.2, -0.15) is 0 Å². The van der Waals surface area contributed by atoms with Gasteiger partial charge >= 0.3 is 6.36 Å². The molecule has 0 unspecified atom stereocenters. The highest BCUT2D eigenvalue weighted by atomic mass is 79.9. The molecular weight excluding hydrogens is 327 g/mol. The van der Waals surface area contributed by atoms with Crippen LogP contribution in [-0.2, 0) is 7.05 Å². The number of hydrogen-bond donors (Lipinski definition) is 1. The zero-order valence-corrected chi connectivity index (χ0v) is 11.3. The lowest BCUT2D eigenvalue weighted by molar-refractivity contribution is -0.274. The summed E-state index contributed by atoms with van der Waals surface area (Å²) >= 11 is 3.03. The molecule has 0 aliphatic rings. The number of halogens is 4. The highest BCUT2D eigenvalue weighted by Crippen LogP contribution is 2.33. The van der Waals surface area contributed by atoms with Gasteiger partial charge in [-0.1, -0.05) is 0 Å². The van der Waals surface area contributed by atoms with E-state index in [1.54, 1.807) is 24.0 Å². The van der Waals surface area contributed by atoms with Gasteiger partial charge in [0.25, 0.3) is 0 Å². The maximum atomic E-state index is 12.1. The smallest absolute Gasteiger partial charge is 0.405 e. The summed E-state index contributed by atoms with van der Waals surface area (Å²) < 4.78 is 42.1. The van der Waals surface area contributed by atoms with Crippen LogP contribution in [0.3, 0.4) is 0 Å². The van der Waals surface area contributed by atoms with E-state index in [4.69, 9.17) is 0 Å². The minimum Gasteiger partial charge on any atom is -0.405 e. The number of imidazole rings is 1. The van der Waals surface area contributed by atoms with Crippen molar-refractivity contribution in [3.63, 3.8) is 0 Å². The number of benzene rings is 1. The molecule has 1 N–H and O–H groups in total. The van der Waals surface area contributed by atoms with Crippen LogP contribution < -0.4 is 10.1 Å². The van der Waals surface area contributed by atoms with Gasteiger partial charge < -0.3 is 14.6 Å². The lowest BCUT2D eigenvalue weighted by Gasteiger charge is -2.12. The van der Waals surface area contributed by atoms with Gasteiger partial charge in [-0.15, -0.1) is 13.2 Å². The number of ether oxygens (including phenoxy) is 1. The largest absolute Gasteiger partial charge is 0.573 e. The Bertz CT molecular complexity index is 583. The van der Waals surface area contributed by atoms with Crippen molar-refractivity contribution >= 4 is 27.6 Å². The summed E-state index contributed by atoms with van der Waals surface area (Å²) in [4.78, 5) is 4.05. The molecule has 0 bridgehead atoms. The van der Waals surface area contributed by atoms with Crippen molar-refractivity contribution in [3.05, 3.63) is 35.1 Å². The molecule has 0 saturated carbocycles. The first-order valence-corrected chi connectivity index (χ1v) is 5.94. The molecule has 0 atom stereocenters. The van der Waals surface area contributed by atoms with E-state index in [2.05, 4.69) is 31.0 Å². The Hall–Kier alpha value is -1.70. The monoisotopic (exact) mass is 335 g/mol. The number of nitrogens with one attached hydrogen (secondary N) is 1. The molecule has 2 rings (SSSR count). The summed E-state index contributed by atoms with van der Waals surface area (Å²) in [6, 6.07) is 4.18. The van der Waals surface area contributed by atoms with Crippen LogP contribution in [0.4, 0.5) is 24.8 Å². The lowest BCUT2D eigenvalue weighted by atomic mass is 10.3. The molecule has 1 heterocycles. The quantitative estimate of drug-likeness (QED) is 0.926. The van der Waals surface area contributed by atoms with E-state index in [1.165, 1.54) is 18.2 Å². The van der Waals surface area contributed by atoms with Crippen LogP contribution in [0.1, 0.15) is 0 Å². The average molecular weight is 336 g/mol. The number of aryl methyl sites for hydroxylation is 1. The SMILES string of the molecule is Cn1ccnc1Nc1ccc(OC(F)(F)F)c(Br)c1. The van der Waals surface area contributed by atoms with Crippen molar-refractivity contribution in [2.45, 2.75) is 6.36 Å². The maximum Gasteiger partial charge on any atom is 0.573 e. The van der Waals surface area contributed by atoms with Crippen LogP contribution in [0.5, 0.6) is 5.75 Å². The van der Waals surface area contributed by atoms with E-state index in [0.717, 1.165) is 0 Å². The first-order chi connectivity index (χ1) is 8.85. The number of nitrogens with zero attached hydrogens (tertiary/aromatic N) is 2. The topological polar surface area (TPSA) is 39.1 Å². The van der Waals surface area contributed by atoms with Gasteiger partial charge in [0.15, 0.2) is 0 Å². The van der Waals surface area contributed by atoms with E-state index in [0.29, 0.717) is 11.6 Å². The molecule has 0 amide bonds. The number of hydrogen-bond acceptors (Lipinski definition) is 3. The Morgan fingerprint density at radius 1 is 1.37 bits per heavy atom. The fourth-order valence-corrected chi connectivity index (χ4v) is 1.86. The second-order valence-corrected chi connectivity index (χ2v) is 4.53. The number of aromatic nitrogens is 2. The van der Waals surface area contributed by atoms with Crippen LogP contribution in [0.15, 0.2) is 35.1 Å². The molecule has 0 saturated heterocycles. The van der Waals surface area contributed by atoms with Crippen molar-refractivity contribution < 1.29 is 17.9 Å². The van der Waals surface area contributed by atoms with Crippen molar-refractivity contribution in [1.29, 1.82) is 0 Å². The van der Waals surface area contributed by atoms with E-state index >= 15 is 0 Å². The summed E-state index contributed by atoms with van der Waals surface area (Å²) in [5.74, 6) is 0.286. The van der Waals surface area contributed by atoms with Gasteiger partial charge in [0, 0.05) is 25.1 Å². The van der Waals surface area contributed by atoms with Gasteiger partial charge in [-0.05, 0) is 34.1 Å². The van der Waals surface area contributed by atoms with Gasteiger partial charge in [0.1, 0.15) is 5.75 Å². The van der Waals surface area contributed by atoms with Crippen LogP contribution in [0, 0.1) is 0 Å². The van der Waals surface area contributed by atoms with E-state index < -0.39 is 6.36 Å². The third-order valence-electron chi connectivity index (χ3n) is 2.23. The molecule has 4 nitrogen and oxygen atoms in total. The van der Waals surface area contributed by atoms with Gasteiger partial charge in [0.05, 0.1) is 4.47 Å². The number of rotatable bonds is 3. The highest BCUT2D eigenvalue weighted by molar-refractivity contribution is 9.10. The highest BCUT2D eigenvalue weighted by Gasteiger charge is 2.31. The molecule has 0 aliphatic carbocycles. The third-order valence-corrected chi connectivity index (χ3v) is 2.85. The first kappa shape index (κ1) is 13.7. The predicted molar refractivity (Wildman–Crippen MR) is 67.3 cm³/mol. The average Bonchev–Trinajstić information content (AvgIpc) is 2.67. The van der Waals surface area contributed by atoms with E-state index in [1.807, 2.05) is 0 Å². The summed E-state index contributed by atoms with van der Waals surface area (Å²) in [5.41, 5.74) is 0.593. The van der Waals surface area contributed by atoms with Crippen LogP contribution >= 0.6 is 15.9 Å². The summed E-state index contributed by atoms with van der Waals surface area (Å²) in [6.07, 6.45) is -1.35. The molecule has 1 aromatic heterocycles. The van der Waals surface area contributed by atoms with E-state index in [-0.39, 0.29) is 10.2 Å². The fraction of sp³-hybridized carbons (Fsp3) is 0.182. The molecule has 2 aromatic rings. The van der Waals surface area contributed by atoms with Gasteiger partial charge in [0.2, 0.25) is 5.95 Å². The molecule has 8 heteroatoms. The Morgan fingerprint density at radius 3 is 2.63 bits per heavy atom. The molecule has 1 aromatic carbocycles. The molecule has 0 radical (unpaired) electrons. The Kier molecular flexibility index (Phi) is 3.70. The maximum absolute atomic E-state index is 12.1. The minimum atomic E-state index is -4.71. The zero-order valence-electron chi connectivity index (χ0n) is 9.70. The summed E-state index contributed by atoms with van der Waals surface area (Å²) in [7, 11) is 1.80. The predicted octanol–water partition coefficient (Wildman–Crippen LogP) is 3.82. The van der Waals surface area contributed by atoms with Gasteiger partial charge in [-0.25, -0.2) is 4.98 Å². The van der Waals surface area contributed by atoms with Crippen molar-refractivity contribution in [1.82, 2.24) is 9.55 Å². The first-order valence-electron chi connectivity index (χ1n) is 5.15. The second kappa shape index (κ2) is 5.12. The Labute approximate surface area is 115 Å². The van der Waals surface area contributed by atoms with Crippen molar-refractivity contribution in [2.24, 2.45) is 7.05 Å².